The summed E-state index contributed by atoms with van der Waals surface area (Å²) >= 11 is 0. The van der Waals surface area contributed by atoms with Crippen LogP contribution in [-0.2, 0) is 12.0 Å². The Kier molecular flexibility index (Phi) is 9.24. The second-order valence-electron chi connectivity index (χ2n) is 10.3. The van der Waals surface area contributed by atoms with Crippen LogP contribution < -0.4 is 9.47 Å². The summed E-state index contributed by atoms with van der Waals surface area (Å²) in [5, 5.41) is 11.5. The van der Waals surface area contributed by atoms with Gasteiger partial charge in [-0.05, 0) is 74.4 Å². The third-order valence-electron chi connectivity index (χ3n) is 8.25. The predicted molar refractivity (Wildman–Crippen MR) is 150 cm³/mol. The number of ether oxygens (including phenoxy) is 2. The first-order chi connectivity index (χ1) is 17.2. The normalized spacial score (nSPS) is 13.8. The Morgan fingerprint density at radius 2 is 1.33 bits per heavy atom. The SMILES string of the molecule is CCC(O)(CC)CC(C)(Oc1ccccc1)C(CC)(CC)c1ccc(OCc2ccccc2)c(C)c1. The van der Waals surface area contributed by atoms with Crippen molar-refractivity contribution in [1.29, 1.82) is 0 Å². The Hall–Kier alpha value is -2.78. The lowest BCUT2D eigenvalue weighted by atomic mass is 9.60. The molecule has 0 saturated heterocycles. The predicted octanol–water partition coefficient (Wildman–Crippen LogP) is 8.41. The molecule has 36 heavy (non-hydrogen) atoms. The van der Waals surface area contributed by atoms with Crippen molar-refractivity contribution in [3.63, 3.8) is 0 Å². The van der Waals surface area contributed by atoms with E-state index in [1.165, 1.54) is 5.56 Å². The first-order valence-corrected chi connectivity index (χ1v) is 13.5. The molecule has 0 saturated carbocycles. The van der Waals surface area contributed by atoms with Gasteiger partial charge in [0.1, 0.15) is 23.7 Å². The van der Waals surface area contributed by atoms with Crippen molar-refractivity contribution in [1.82, 2.24) is 0 Å². The van der Waals surface area contributed by atoms with Gasteiger partial charge in [-0.25, -0.2) is 0 Å². The molecule has 1 atom stereocenters. The van der Waals surface area contributed by atoms with Crippen LogP contribution in [0.25, 0.3) is 0 Å². The maximum Gasteiger partial charge on any atom is 0.122 e. The summed E-state index contributed by atoms with van der Waals surface area (Å²) < 4.78 is 13.1. The number of rotatable bonds is 13. The standard InChI is InChI=1S/C33H44O3/c1-7-32(34,8-2)25-31(6,36-29-19-15-12-16-20-29)33(9-3,10-4)28-21-22-30(26(5)23-28)35-24-27-17-13-11-14-18-27/h11-23,34H,7-10,24-25H2,1-6H3. The molecule has 0 amide bonds. The van der Waals surface area contributed by atoms with Gasteiger partial charge in [0.15, 0.2) is 0 Å². The van der Waals surface area contributed by atoms with E-state index in [1.54, 1.807) is 0 Å². The quantitative estimate of drug-likeness (QED) is 0.262. The molecule has 3 rings (SSSR count). The Bertz CT molecular complexity index is 1070. The minimum absolute atomic E-state index is 0.302. The van der Waals surface area contributed by atoms with Gasteiger partial charge in [-0.15, -0.1) is 0 Å². The minimum Gasteiger partial charge on any atom is -0.489 e. The van der Waals surface area contributed by atoms with E-state index in [2.05, 4.69) is 71.9 Å². The van der Waals surface area contributed by atoms with Crippen molar-refractivity contribution in [2.24, 2.45) is 0 Å². The average molecular weight is 489 g/mol. The third-order valence-corrected chi connectivity index (χ3v) is 8.25. The van der Waals surface area contributed by atoms with Crippen molar-refractivity contribution in [3.8, 4) is 11.5 Å². The van der Waals surface area contributed by atoms with Crippen molar-refractivity contribution >= 4 is 0 Å². The molecule has 0 spiro atoms. The second kappa shape index (κ2) is 12.0. The Morgan fingerprint density at radius 3 is 1.86 bits per heavy atom. The molecular formula is C33H44O3. The lowest BCUT2D eigenvalue weighted by Gasteiger charge is -2.51. The van der Waals surface area contributed by atoms with Crippen LogP contribution in [0.1, 0.15) is 83.4 Å². The molecule has 0 aliphatic heterocycles. The van der Waals surface area contributed by atoms with Gasteiger partial charge < -0.3 is 14.6 Å². The number of benzene rings is 3. The van der Waals surface area contributed by atoms with Gasteiger partial charge in [0.2, 0.25) is 0 Å². The van der Waals surface area contributed by atoms with Crippen LogP contribution in [0.5, 0.6) is 11.5 Å². The van der Waals surface area contributed by atoms with Crippen LogP contribution in [-0.4, -0.2) is 16.3 Å². The fraction of sp³-hybridized carbons (Fsp3) is 0.455. The van der Waals surface area contributed by atoms with Gasteiger partial charge in [0, 0.05) is 11.8 Å². The zero-order chi connectivity index (χ0) is 26.2. The van der Waals surface area contributed by atoms with Gasteiger partial charge in [-0.3, -0.25) is 0 Å². The van der Waals surface area contributed by atoms with Gasteiger partial charge >= 0.3 is 0 Å². The zero-order valence-corrected chi connectivity index (χ0v) is 23.0. The van der Waals surface area contributed by atoms with Gasteiger partial charge in [-0.1, -0.05) is 88.4 Å². The van der Waals surface area contributed by atoms with Crippen LogP contribution >= 0.6 is 0 Å². The molecule has 3 heteroatoms. The number of hydrogen-bond donors (Lipinski definition) is 1. The van der Waals surface area contributed by atoms with Crippen molar-refractivity contribution in [2.45, 2.75) is 96.9 Å². The summed E-state index contributed by atoms with van der Waals surface area (Å²) in [5.41, 5.74) is 1.76. The summed E-state index contributed by atoms with van der Waals surface area (Å²) in [6, 6.07) is 26.8. The monoisotopic (exact) mass is 488 g/mol. The molecule has 1 unspecified atom stereocenters. The molecule has 0 heterocycles. The molecule has 194 valence electrons. The van der Waals surface area contributed by atoms with E-state index in [4.69, 9.17) is 9.47 Å². The van der Waals surface area contributed by atoms with Crippen LogP contribution in [0, 0.1) is 6.92 Å². The largest absolute Gasteiger partial charge is 0.489 e. The first-order valence-electron chi connectivity index (χ1n) is 13.5. The highest BCUT2D eigenvalue weighted by atomic mass is 16.5. The number of aliphatic hydroxyl groups is 1. The summed E-state index contributed by atoms with van der Waals surface area (Å²) in [7, 11) is 0. The molecule has 1 N–H and O–H groups in total. The molecule has 0 aliphatic carbocycles. The van der Waals surface area contributed by atoms with Crippen molar-refractivity contribution < 1.29 is 14.6 Å². The van der Waals surface area contributed by atoms with E-state index in [-0.39, 0.29) is 5.41 Å². The summed E-state index contributed by atoms with van der Waals surface area (Å²) in [5.74, 6) is 1.73. The van der Waals surface area contributed by atoms with Crippen molar-refractivity contribution in [2.75, 3.05) is 0 Å². The van der Waals surface area contributed by atoms with E-state index in [0.717, 1.165) is 35.5 Å². The van der Waals surface area contributed by atoms with Crippen LogP contribution in [0.4, 0.5) is 0 Å². The highest BCUT2D eigenvalue weighted by molar-refractivity contribution is 5.42. The number of para-hydroxylation sites is 1. The molecule has 0 bridgehead atoms. The summed E-state index contributed by atoms with van der Waals surface area (Å²) in [6.45, 7) is 13.5. The molecule has 3 nitrogen and oxygen atoms in total. The van der Waals surface area contributed by atoms with Crippen LogP contribution in [0.2, 0.25) is 0 Å². The first kappa shape index (κ1) is 27.8. The van der Waals surface area contributed by atoms with E-state index < -0.39 is 11.2 Å². The second-order valence-corrected chi connectivity index (χ2v) is 10.3. The Labute approximate surface area is 218 Å². The van der Waals surface area contributed by atoms with Crippen molar-refractivity contribution in [3.05, 3.63) is 95.6 Å². The van der Waals surface area contributed by atoms with Crippen LogP contribution in [0.3, 0.4) is 0 Å². The number of hydrogen-bond acceptors (Lipinski definition) is 3. The number of aryl methyl sites for hydroxylation is 1. The fourth-order valence-electron chi connectivity index (χ4n) is 5.74. The van der Waals surface area contributed by atoms with E-state index in [9.17, 15) is 5.11 Å². The average Bonchev–Trinajstić information content (AvgIpc) is 2.90. The van der Waals surface area contributed by atoms with E-state index in [0.29, 0.717) is 25.9 Å². The fourth-order valence-corrected chi connectivity index (χ4v) is 5.74. The lowest BCUT2D eigenvalue weighted by Crippen LogP contribution is -2.57. The minimum atomic E-state index is -0.799. The third kappa shape index (κ3) is 5.95. The zero-order valence-electron chi connectivity index (χ0n) is 23.0. The highest BCUT2D eigenvalue weighted by Gasteiger charge is 2.52. The maximum atomic E-state index is 11.5. The maximum absolute atomic E-state index is 11.5. The van der Waals surface area contributed by atoms with Gasteiger partial charge in [0.25, 0.3) is 0 Å². The summed E-state index contributed by atoms with van der Waals surface area (Å²) in [6.07, 6.45) is 3.70. The summed E-state index contributed by atoms with van der Waals surface area (Å²) in [4.78, 5) is 0. The van der Waals surface area contributed by atoms with Gasteiger partial charge in [-0.2, -0.15) is 0 Å². The van der Waals surface area contributed by atoms with Gasteiger partial charge in [0.05, 0.1) is 5.60 Å². The van der Waals surface area contributed by atoms with Crippen LogP contribution in [0.15, 0.2) is 78.9 Å². The topological polar surface area (TPSA) is 38.7 Å². The molecule has 0 aliphatic rings. The molecule has 0 radical (unpaired) electrons. The Morgan fingerprint density at radius 1 is 0.750 bits per heavy atom. The van der Waals surface area contributed by atoms with E-state index >= 15 is 0 Å². The lowest BCUT2D eigenvalue weighted by molar-refractivity contribution is -0.0875. The molecular weight excluding hydrogens is 444 g/mol. The highest BCUT2D eigenvalue weighted by Crippen LogP contribution is 2.49. The molecule has 0 aromatic heterocycles. The Balaban J connectivity index is 2.02. The molecule has 3 aromatic rings. The smallest absolute Gasteiger partial charge is 0.122 e. The molecule has 0 fully saturated rings. The molecule has 3 aromatic carbocycles. The van der Waals surface area contributed by atoms with E-state index in [1.807, 2.05) is 48.5 Å².